The maximum atomic E-state index is 3.58. The molecule has 7 aromatic carbocycles. The van der Waals surface area contributed by atoms with Crippen LogP contribution in [0.5, 0.6) is 0 Å². The van der Waals surface area contributed by atoms with Crippen LogP contribution in [-0.4, -0.2) is 4.57 Å². The molecule has 0 spiro atoms. The average molecular weight is 522 g/mol. The fourth-order valence-corrected chi connectivity index (χ4v) is 6.26. The third kappa shape index (κ3) is 2.76. The first-order valence-electron chi connectivity index (χ1n) is 12.2. The van der Waals surface area contributed by atoms with Crippen LogP contribution in [-0.2, 0) is 0 Å². The average Bonchev–Trinajstić information content (AvgIpc) is 3.26. The second-order valence-electron chi connectivity index (χ2n) is 9.54. The zero-order valence-electron chi connectivity index (χ0n) is 19.4. The smallest absolute Gasteiger partial charge is 0.0553 e. The molecule has 8 aromatic rings. The van der Waals surface area contributed by atoms with E-state index >= 15 is 0 Å². The largest absolute Gasteiger partial charge is 0.309 e. The molecule has 0 unspecified atom stereocenters. The van der Waals surface area contributed by atoms with E-state index in [4.69, 9.17) is 0 Å². The van der Waals surface area contributed by atoms with Crippen molar-refractivity contribution >= 4 is 70.1 Å². The fourth-order valence-electron chi connectivity index (χ4n) is 5.99. The zero-order valence-corrected chi connectivity index (χ0v) is 21.0. The number of rotatable bonds is 2. The molecule has 0 atom stereocenters. The normalized spacial score (nSPS) is 12.0. The second kappa shape index (κ2) is 7.43. The minimum atomic E-state index is 1.09. The summed E-state index contributed by atoms with van der Waals surface area (Å²) in [5.41, 5.74) is 6.11. The maximum Gasteiger partial charge on any atom is 0.0553 e. The molecular weight excluding hydrogens is 502 g/mol. The van der Waals surface area contributed by atoms with Gasteiger partial charge in [-0.15, -0.1) is 0 Å². The molecule has 0 aliphatic rings. The van der Waals surface area contributed by atoms with Gasteiger partial charge in [0.25, 0.3) is 0 Å². The Hall–Kier alpha value is -4.14. The lowest BCUT2D eigenvalue weighted by atomic mass is 9.91. The Morgan fingerprint density at radius 1 is 0.444 bits per heavy atom. The Kier molecular flexibility index (Phi) is 4.15. The van der Waals surface area contributed by atoms with Crippen LogP contribution in [0, 0.1) is 0 Å². The third-order valence-electron chi connectivity index (χ3n) is 7.57. The fraction of sp³-hybridized carbons (Fsp3) is 0. The van der Waals surface area contributed by atoms with Crippen LogP contribution in [0.3, 0.4) is 0 Å². The molecule has 0 N–H and O–H groups in total. The van der Waals surface area contributed by atoms with Crippen LogP contribution in [0.25, 0.3) is 70.9 Å². The zero-order chi connectivity index (χ0) is 23.8. The Morgan fingerprint density at radius 2 is 1.17 bits per heavy atom. The summed E-state index contributed by atoms with van der Waals surface area (Å²) in [6.45, 7) is 0. The van der Waals surface area contributed by atoms with Crippen LogP contribution in [0.4, 0.5) is 0 Å². The summed E-state index contributed by atoms with van der Waals surface area (Å²) >= 11 is 3.58. The number of hydrogen-bond donors (Lipinski definition) is 0. The first kappa shape index (κ1) is 20.1. The van der Waals surface area contributed by atoms with Crippen molar-refractivity contribution in [2.75, 3.05) is 0 Å². The Labute approximate surface area is 216 Å². The summed E-state index contributed by atoms with van der Waals surface area (Å²) in [6, 6.07) is 44.4. The molecule has 0 amide bonds. The maximum absolute atomic E-state index is 3.58. The molecule has 1 nitrogen and oxygen atoms in total. The van der Waals surface area contributed by atoms with Gasteiger partial charge in [-0.25, -0.2) is 0 Å². The lowest BCUT2D eigenvalue weighted by molar-refractivity contribution is 1.18. The van der Waals surface area contributed by atoms with Crippen LogP contribution in [0.15, 0.2) is 126 Å². The topological polar surface area (TPSA) is 4.93 Å². The van der Waals surface area contributed by atoms with Gasteiger partial charge in [0, 0.05) is 20.9 Å². The van der Waals surface area contributed by atoms with Crippen molar-refractivity contribution in [2.45, 2.75) is 0 Å². The van der Waals surface area contributed by atoms with Crippen molar-refractivity contribution in [1.29, 1.82) is 0 Å². The highest BCUT2D eigenvalue weighted by Crippen LogP contribution is 2.43. The lowest BCUT2D eigenvalue weighted by Gasteiger charge is -2.13. The summed E-state index contributed by atoms with van der Waals surface area (Å²) in [5.74, 6) is 0. The number of halogens is 1. The highest BCUT2D eigenvalue weighted by atomic mass is 79.9. The molecule has 0 aliphatic carbocycles. The van der Waals surface area contributed by atoms with Gasteiger partial charge >= 0.3 is 0 Å². The van der Waals surface area contributed by atoms with Crippen LogP contribution < -0.4 is 0 Å². The van der Waals surface area contributed by atoms with E-state index in [0.29, 0.717) is 0 Å². The van der Waals surface area contributed by atoms with E-state index in [1.54, 1.807) is 0 Å². The summed E-state index contributed by atoms with van der Waals surface area (Å²) in [5, 5.41) is 10.5. The molecule has 0 bridgehead atoms. The van der Waals surface area contributed by atoms with Gasteiger partial charge in [-0.1, -0.05) is 94.8 Å². The SMILES string of the molecule is Brc1ccc(-c2ccc3c(c2)c2c4ccc5cccc6ccc(cc2n3-c2ccccc2)c4c65)cc1. The number of nitrogens with zero attached hydrogens (tertiary/aromatic N) is 1. The number of fused-ring (bicyclic) bond motifs is 4. The number of aromatic nitrogens is 1. The first-order chi connectivity index (χ1) is 17.8. The molecule has 0 saturated carbocycles. The number of para-hydroxylation sites is 1. The van der Waals surface area contributed by atoms with Crippen molar-refractivity contribution in [1.82, 2.24) is 4.57 Å². The molecule has 0 aliphatic heterocycles. The van der Waals surface area contributed by atoms with E-state index in [1.165, 1.54) is 70.9 Å². The van der Waals surface area contributed by atoms with Crippen LogP contribution in [0.2, 0.25) is 0 Å². The van der Waals surface area contributed by atoms with E-state index in [0.717, 1.165) is 4.47 Å². The van der Waals surface area contributed by atoms with E-state index in [-0.39, 0.29) is 0 Å². The monoisotopic (exact) mass is 521 g/mol. The van der Waals surface area contributed by atoms with Crippen molar-refractivity contribution in [3.63, 3.8) is 0 Å². The molecule has 1 aromatic heterocycles. The minimum Gasteiger partial charge on any atom is -0.309 e. The van der Waals surface area contributed by atoms with Gasteiger partial charge in [-0.2, -0.15) is 0 Å². The van der Waals surface area contributed by atoms with Crippen molar-refractivity contribution < 1.29 is 0 Å². The van der Waals surface area contributed by atoms with E-state index in [1.807, 2.05) is 0 Å². The molecule has 168 valence electrons. The Morgan fingerprint density at radius 3 is 1.97 bits per heavy atom. The predicted molar refractivity (Wildman–Crippen MR) is 158 cm³/mol. The first-order valence-corrected chi connectivity index (χ1v) is 13.0. The molecule has 2 heteroatoms. The van der Waals surface area contributed by atoms with Crippen molar-refractivity contribution in [3.8, 4) is 16.8 Å². The summed E-state index contributed by atoms with van der Waals surface area (Å²) in [4.78, 5) is 0. The number of benzene rings is 7. The van der Waals surface area contributed by atoms with Crippen LogP contribution >= 0.6 is 15.9 Å². The van der Waals surface area contributed by atoms with Gasteiger partial charge in [-0.05, 0) is 85.9 Å². The molecular formula is C34H20BrN. The van der Waals surface area contributed by atoms with Gasteiger partial charge in [0.2, 0.25) is 0 Å². The molecule has 0 fully saturated rings. The minimum absolute atomic E-state index is 1.09. The standard InChI is InChI=1S/C34H20BrN/c35-26-15-11-21(12-16-26)24-14-18-30-29(19-24)34-28-17-13-23-6-4-5-22-9-10-25(33(28)32(22)23)20-31(34)36(30)27-7-2-1-3-8-27/h1-20H. The lowest BCUT2D eigenvalue weighted by Crippen LogP contribution is -1.93. The Balaban J connectivity index is 1.59. The quantitative estimate of drug-likeness (QED) is 0.199. The van der Waals surface area contributed by atoms with E-state index < -0.39 is 0 Å². The summed E-state index contributed by atoms with van der Waals surface area (Å²) in [6.07, 6.45) is 0. The van der Waals surface area contributed by atoms with Crippen molar-refractivity contribution in [3.05, 3.63) is 126 Å². The van der Waals surface area contributed by atoms with E-state index in [9.17, 15) is 0 Å². The molecule has 36 heavy (non-hydrogen) atoms. The Bertz CT molecular complexity index is 2070. The van der Waals surface area contributed by atoms with Gasteiger partial charge in [-0.3, -0.25) is 0 Å². The van der Waals surface area contributed by atoms with Crippen molar-refractivity contribution in [2.24, 2.45) is 0 Å². The molecule has 0 radical (unpaired) electrons. The highest BCUT2D eigenvalue weighted by molar-refractivity contribution is 9.10. The van der Waals surface area contributed by atoms with Gasteiger partial charge in [0.1, 0.15) is 0 Å². The summed E-state index contributed by atoms with van der Waals surface area (Å²) < 4.78 is 3.52. The van der Waals surface area contributed by atoms with Gasteiger partial charge < -0.3 is 4.57 Å². The number of hydrogen-bond acceptors (Lipinski definition) is 0. The van der Waals surface area contributed by atoms with E-state index in [2.05, 4.69) is 142 Å². The molecule has 0 saturated heterocycles. The predicted octanol–water partition coefficient (Wildman–Crippen LogP) is 10.1. The van der Waals surface area contributed by atoms with Gasteiger partial charge in [0.15, 0.2) is 0 Å². The molecule has 8 rings (SSSR count). The molecule has 1 heterocycles. The highest BCUT2D eigenvalue weighted by Gasteiger charge is 2.19. The third-order valence-corrected chi connectivity index (χ3v) is 8.09. The van der Waals surface area contributed by atoms with Gasteiger partial charge in [0.05, 0.1) is 11.0 Å². The second-order valence-corrected chi connectivity index (χ2v) is 10.5. The van der Waals surface area contributed by atoms with Crippen LogP contribution in [0.1, 0.15) is 0 Å². The summed E-state index contributed by atoms with van der Waals surface area (Å²) in [7, 11) is 0.